The van der Waals surface area contributed by atoms with E-state index < -0.39 is 0 Å². The van der Waals surface area contributed by atoms with Crippen LogP contribution < -0.4 is 15.4 Å². The molecule has 1 aromatic carbocycles. The van der Waals surface area contributed by atoms with E-state index in [0.29, 0.717) is 6.04 Å². The number of hydrogen-bond acceptors (Lipinski definition) is 5. The summed E-state index contributed by atoms with van der Waals surface area (Å²) in [6.45, 7) is 5.29. The Bertz CT molecular complexity index is 653. The summed E-state index contributed by atoms with van der Waals surface area (Å²) < 4.78 is 16.7. The second-order valence-corrected chi connectivity index (χ2v) is 8.19. The van der Waals surface area contributed by atoms with Gasteiger partial charge in [0.25, 0.3) is 0 Å². The van der Waals surface area contributed by atoms with E-state index in [1.807, 2.05) is 19.2 Å². The lowest BCUT2D eigenvalue weighted by Crippen LogP contribution is -2.51. The van der Waals surface area contributed by atoms with Gasteiger partial charge in [-0.3, -0.25) is 9.89 Å². The van der Waals surface area contributed by atoms with Crippen LogP contribution in [0, 0.1) is 0 Å². The SMILES string of the molecule is CN=C(NCC(c1ccc(OC)cc1)N1CCCCC1)NCC1(OC)CCOCC1. The van der Waals surface area contributed by atoms with Crippen LogP contribution in [0.2, 0.25) is 0 Å². The smallest absolute Gasteiger partial charge is 0.191 e. The number of benzene rings is 1. The van der Waals surface area contributed by atoms with E-state index in [1.54, 1.807) is 14.2 Å². The second-order valence-electron chi connectivity index (χ2n) is 8.19. The summed E-state index contributed by atoms with van der Waals surface area (Å²) in [4.78, 5) is 7.03. The zero-order chi connectivity index (χ0) is 21.2. The predicted octanol–water partition coefficient (Wildman–Crippen LogP) is 2.58. The van der Waals surface area contributed by atoms with Crippen molar-refractivity contribution in [3.63, 3.8) is 0 Å². The molecular formula is C23H38N4O3. The van der Waals surface area contributed by atoms with Gasteiger partial charge in [-0.15, -0.1) is 0 Å². The maximum absolute atomic E-state index is 5.84. The van der Waals surface area contributed by atoms with Crippen LogP contribution in [0.1, 0.15) is 43.7 Å². The number of nitrogens with zero attached hydrogens (tertiary/aromatic N) is 2. The van der Waals surface area contributed by atoms with E-state index in [4.69, 9.17) is 14.2 Å². The fraction of sp³-hybridized carbons (Fsp3) is 0.696. The number of aliphatic imine (C=N–C) groups is 1. The Morgan fingerprint density at radius 2 is 1.80 bits per heavy atom. The summed E-state index contributed by atoms with van der Waals surface area (Å²) in [6, 6.07) is 8.75. The van der Waals surface area contributed by atoms with Crippen LogP contribution in [0.3, 0.4) is 0 Å². The van der Waals surface area contributed by atoms with Gasteiger partial charge < -0.3 is 24.8 Å². The van der Waals surface area contributed by atoms with E-state index in [1.165, 1.54) is 24.8 Å². The third-order valence-corrected chi connectivity index (χ3v) is 6.43. The van der Waals surface area contributed by atoms with Crippen molar-refractivity contribution in [2.75, 3.05) is 60.7 Å². The molecule has 0 aromatic heterocycles. The van der Waals surface area contributed by atoms with Gasteiger partial charge in [-0.2, -0.15) is 0 Å². The number of likely N-dealkylation sites (tertiary alicyclic amines) is 1. The zero-order valence-corrected chi connectivity index (χ0v) is 18.8. The first-order valence-corrected chi connectivity index (χ1v) is 11.1. The van der Waals surface area contributed by atoms with Crippen molar-refractivity contribution in [3.8, 4) is 5.75 Å². The molecule has 2 fully saturated rings. The summed E-state index contributed by atoms with van der Waals surface area (Å²) in [5.41, 5.74) is 1.12. The Morgan fingerprint density at radius 1 is 1.10 bits per heavy atom. The monoisotopic (exact) mass is 418 g/mol. The average molecular weight is 419 g/mol. The van der Waals surface area contributed by atoms with Crippen LogP contribution in [0.15, 0.2) is 29.3 Å². The minimum atomic E-state index is -0.182. The van der Waals surface area contributed by atoms with Gasteiger partial charge >= 0.3 is 0 Å². The van der Waals surface area contributed by atoms with Crippen LogP contribution in [0.4, 0.5) is 0 Å². The normalized spacial score (nSPS) is 21.1. The minimum absolute atomic E-state index is 0.182. The standard InChI is InChI=1S/C23H38N4O3/c1-24-22(26-18-23(29-3)11-15-30-16-12-23)25-17-21(27-13-5-4-6-14-27)19-7-9-20(28-2)10-8-19/h7-10,21H,4-6,11-18H2,1-3H3,(H2,24,25,26). The lowest BCUT2D eigenvalue weighted by molar-refractivity contribution is -0.0855. The van der Waals surface area contributed by atoms with Crippen molar-refractivity contribution in [1.29, 1.82) is 0 Å². The third-order valence-electron chi connectivity index (χ3n) is 6.43. The van der Waals surface area contributed by atoms with Gasteiger partial charge in [0, 0.05) is 53.3 Å². The molecule has 2 saturated heterocycles. The molecular weight excluding hydrogens is 380 g/mol. The van der Waals surface area contributed by atoms with Crippen LogP contribution in [0.5, 0.6) is 5.75 Å². The van der Waals surface area contributed by atoms with Crippen molar-refractivity contribution in [2.45, 2.75) is 43.7 Å². The Hall–Kier alpha value is -1.83. The number of ether oxygens (including phenoxy) is 3. The van der Waals surface area contributed by atoms with E-state index in [0.717, 1.165) is 63.9 Å². The average Bonchev–Trinajstić information content (AvgIpc) is 2.83. The highest BCUT2D eigenvalue weighted by molar-refractivity contribution is 5.79. The molecule has 1 aromatic rings. The Balaban J connectivity index is 1.62. The van der Waals surface area contributed by atoms with Gasteiger partial charge in [0.15, 0.2) is 5.96 Å². The molecule has 0 aliphatic carbocycles. The number of methoxy groups -OCH3 is 2. The largest absolute Gasteiger partial charge is 0.497 e. The highest BCUT2D eigenvalue weighted by atomic mass is 16.5. The number of rotatable bonds is 8. The Kier molecular flexibility index (Phi) is 8.78. The molecule has 7 nitrogen and oxygen atoms in total. The molecule has 30 heavy (non-hydrogen) atoms. The van der Waals surface area contributed by atoms with Gasteiger partial charge in [-0.05, 0) is 43.6 Å². The summed E-state index contributed by atoms with van der Waals surface area (Å²) in [6.07, 6.45) is 5.65. The first kappa shape index (κ1) is 22.8. The first-order chi connectivity index (χ1) is 14.7. The molecule has 2 heterocycles. The van der Waals surface area contributed by atoms with Crippen molar-refractivity contribution >= 4 is 5.96 Å². The molecule has 7 heteroatoms. The minimum Gasteiger partial charge on any atom is -0.497 e. The quantitative estimate of drug-likeness (QED) is 0.500. The summed E-state index contributed by atoms with van der Waals surface area (Å²) in [7, 11) is 5.32. The molecule has 0 amide bonds. The fourth-order valence-electron chi connectivity index (χ4n) is 4.37. The molecule has 1 atom stereocenters. The Morgan fingerprint density at radius 3 is 2.40 bits per heavy atom. The molecule has 0 radical (unpaired) electrons. The molecule has 0 saturated carbocycles. The zero-order valence-electron chi connectivity index (χ0n) is 18.8. The molecule has 2 N–H and O–H groups in total. The lowest BCUT2D eigenvalue weighted by atomic mass is 9.94. The maximum atomic E-state index is 5.84. The molecule has 0 bridgehead atoms. The molecule has 2 aliphatic heterocycles. The lowest BCUT2D eigenvalue weighted by Gasteiger charge is -2.37. The summed E-state index contributed by atoms with van der Waals surface area (Å²) >= 11 is 0. The predicted molar refractivity (Wildman–Crippen MR) is 120 cm³/mol. The van der Waals surface area contributed by atoms with Gasteiger partial charge in [0.2, 0.25) is 0 Å². The highest BCUT2D eigenvalue weighted by Gasteiger charge is 2.32. The van der Waals surface area contributed by atoms with E-state index in [9.17, 15) is 0 Å². The van der Waals surface area contributed by atoms with Gasteiger partial charge in [0.05, 0.1) is 18.8 Å². The van der Waals surface area contributed by atoms with E-state index in [2.05, 4.69) is 32.7 Å². The van der Waals surface area contributed by atoms with Gasteiger partial charge in [0.1, 0.15) is 5.75 Å². The highest BCUT2D eigenvalue weighted by Crippen LogP contribution is 2.26. The molecule has 2 aliphatic rings. The van der Waals surface area contributed by atoms with Gasteiger partial charge in [-0.1, -0.05) is 18.6 Å². The number of nitrogens with one attached hydrogen (secondary N) is 2. The third kappa shape index (κ3) is 6.09. The van der Waals surface area contributed by atoms with Crippen molar-refractivity contribution < 1.29 is 14.2 Å². The van der Waals surface area contributed by atoms with Crippen LogP contribution in [-0.4, -0.2) is 77.1 Å². The van der Waals surface area contributed by atoms with Crippen LogP contribution in [-0.2, 0) is 9.47 Å². The van der Waals surface area contributed by atoms with E-state index >= 15 is 0 Å². The molecule has 3 rings (SSSR count). The van der Waals surface area contributed by atoms with Crippen molar-refractivity contribution in [3.05, 3.63) is 29.8 Å². The van der Waals surface area contributed by atoms with Crippen molar-refractivity contribution in [1.82, 2.24) is 15.5 Å². The Labute approximate surface area is 181 Å². The van der Waals surface area contributed by atoms with Crippen LogP contribution in [0.25, 0.3) is 0 Å². The van der Waals surface area contributed by atoms with Crippen molar-refractivity contribution in [2.24, 2.45) is 4.99 Å². The summed E-state index contributed by atoms with van der Waals surface area (Å²) in [5, 5.41) is 7.03. The number of hydrogen-bond donors (Lipinski definition) is 2. The molecule has 0 spiro atoms. The summed E-state index contributed by atoms with van der Waals surface area (Å²) in [5.74, 6) is 1.70. The van der Waals surface area contributed by atoms with Gasteiger partial charge in [-0.25, -0.2) is 0 Å². The molecule has 1 unspecified atom stereocenters. The topological polar surface area (TPSA) is 67.4 Å². The van der Waals surface area contributed by atoms with E-state index in [-0.39, 0.29) is 5.60 Å². The first-order valence-electron chi connectivity index (χ1n) is 11.1. The fourth-order valence-corrected chi connectivity index (χ4v) is 4.37. The second kappa shape index (κ2) is 11.5. The van der Waals surface area contributed by atoms with Crippen LogP contribution >= 0.6 is 0 Å². The number of piperidine rings is 1. The molecule has 168 valence electrons. The maximum Gasteiger partial charge on any atom is 0.191 e. The number of guanidine groups is 1.